The van der Waals surface area contributed by atoms with E-state index in [0.717, 1.165) is 32.3 Å². The van der Waals surface area contributed by atoms with E-state index in [4.69, 9.17) is 0 Å². The van der Waals surface area contributed by atoms with Crippen molar-refractivity contribution in [1.29, 1.82) is 0 Å². The summed E-state index contributed by atoms with van der Waals surface area (Å²) >= 11 is 0. The zero-order valence-corrected chi connectivity index (χ0v) is 12.3. The van der Waals surface area contributed by atoms with Crippen LogP contribution in [0.4, 0.5) is 4.39 Å². The van der Waals surface area contributed by atoms with Crippen molar-refractivity contribution < 1.29 is 9.18 Å². The quantitative estimate of drug-likeness (QED) is 0.856. The minimum Gasteiger partial charge on any atom is -0.338 e. The summed E-state index contributed by atoms with van der Waals surface area (Å²) in [6, 6.07) is 1.47. The molecule has 1 atom stereocenters. The fourth-order valence-electron chi connectivity index (χ4n) is 3.45. The number of piperidine rings is 1. The van der Waals surface area contributed by atoms with E-state index < -0.39 is 5.82 Å². The topological polar surface area (TPSA) is 36.4 Å². The van der Waals surface area contributed by atoms with E-state index >= 15 is 0 Å². The number of likely N-dealkylation sites (tertiary alicyclic amines) is 2. The van der Waals surface area contributed by atoms with Crippen molar-refractivity contribution >= 4 is 5.91 Å². The maximum atomic E-state index is 13.7. The summed E-state index contributed by atoms with van der Waals surface area (Å²) in [6.45, 7) is 4.92. The van der Waals surface area contributed by atoms with Crippen LogP contribution in [-0.2, 0) is 0 Å². The van der Waals surface area contributed by atoms with E-state index in [1.807, 2.05) is 4.90 Å². The largest absolute Gasteiger partial charge is 0.338 e. The van der Waals surface area contributed by atoms with Crippen molar-refractivity contribution in [2.45, 2.75) is 25.7 Å². The Hall–Kier alpha value is -1.49. The van der Waals surface area contributed by atoms with Crippen LogP contribution in [0, 0.1) is 11.7 Å². The predicted octanol–water partition coefficient (Wildman–Crippen LogP) is 2.17. The van der Waals surface area contributed by atoms with Crippen LogP contribution in [0.1, 0.15) is 36.0 Å². The maximum absolute atomic E-state index is 13.7. The molecule has 0 unspecified atom stereocenters. The molecule has 0 saturated carbocycles. The number of amides is 1. The number of hydrogen-bond donors (Lipinski definition) is 0. The molecule has 3 heterocycles. The number of carbonyl (C=O) groups excluding carboxylic acids is 1. The lowest BCUT2D eigenvalue weighted by atomic mass is 9.97. The second-order valence-corrected chi connectivity index (χ2v) is 6.12. The van der Waals surface area contributed by atoms with E-state index in [9.17, 15) is 9.18 Å². The molecule has 114 valence electrons. The minimum atomic E-state index is -0.524. The average molecular weight is 291 g/mol. The van der Waals surface area contributed by atoms with Gasteiger partial charge in [-0.25, -0.2) is 4.39 Å². The molecule has 0 aliphatic carbocycles. The first-order chi connectivity index (χ1) is 10.2. The highest BCUT2D eigenvalue weighted by Crippen LogP contribution is 2.21. The molecule has 0 spiro atoms. The number of hydrogen-bond acceptors (Lipinski definition) is 3. The van der Waals surface area contributed by atoms with E-state index in [1.165, 1.54) is 44.6 Å². The van der Waals surface area contributed by atoms with Crippen molar-refractivity contribution in [2.75, 3.05) is 32.7 Å². The van der Waals surface area contributed by atoms with Gasteiger partial charge >= 0.3 is 0 Å². The molecule has 2 fully saturated rings. The van der Waals surface area contributed by atoms with Gasteiger partial charge in [0.05, 0.1) is 11.8 Å². The molecule has 0 bridgehead atoms. The zero-order chi connectivity index (χ0) is 14.7. The fourth-order valence-corrected chi connectivity index (χ4v) is 3.45. The monoisotopic (exact) mass is 291 g/mol. The summed E-state index contributed by atoms with van der Waals surface area (Å²) in [4.78, 5) is 20.5. The van der Waals surface area contributed by atoms with Gasteiger partial charge in [-0.2, -0.15) is 0 Å². The lowest BCUT2D eigenvalue weighted by Gasteiger charge is -2.34. The van der Waals surface area contributed by atoms with E-state index in [1.54, 1.807) is 0 Å². The van der Waals surface area contributed by atoms with Gasteiger partial charge in [0.15, 0.2) is 5.82 Å². The summed E-state index contributed by atoms with van der Waals surface area (Å²) in [6.07, 6.45) is 7.34. The molecule has 2 saturated heterocycles. The molecule has 1 amide bonds. The minimum absolute atomic E-state index is 0.145. The van der Waals surface area contributed by atoms with Gasteiger partial charge in [-0.1, -0.05) is 0 Å². The van der Waals surface area contributed by atoms with E-state index in [2.05, 4.69) is 9.88 Å². The number of nitrogens with zero attached hydrogens (tertiary/aromatic N) is 3. The second kappa shape index (κ2) is 6.52. The first kappa shape index (κ1) is 14.4. The Kier molecular flexibility index (Phi) is 4.48. The van der Waals surface area contributed by atoms with Crippen molar-refractivity contribution in [2.24, 2.45) is 5.92 Å². The normalized spacial score (nSPS) is 23.5. The highest BCUT2D eigenvalue weighted by Gasteiger charge is 2.27. The van der Waals surface area contributed by atoms with Gasteiger partial charge in [0.2, 0.25) is 0 Å². The Bertz CT molecular complexity index is 502. The summed E-state index contributed by atoms with van der Waals surface area (Å²) in [5.41, 5.74) is 0.145. The highest BCUT2D eigenvalue weighted by molar-refractivity contribution is 5.94. The van der Waals surface area contributed by atoms with E-state index in [0.29, 0.717) is 5.92 Å². The van der Waals surface area contributed by atoms with Gasteiger partial charge < -0.3 is 9.80 Å². The number of halogens is 1. The first-order valence-electron chi connectivity index (χ1n) is 7.85. The molecule has 0 radical (unpaired) electrons. The van der Waals surface area contributed by atoms with E-state index in [-0.39, 0.29) is 11.5 Å². The molecule has 5 heteroatoms. The predicted molar refractivity (Wildman–Crippen MR) is 78.5 cm³/mol. The van der Waals surface area contributed by atoms with Gasteiger partial charge in [-0.3, -0.25) is 9.78 Å². The van der Waals surface area contributed by atoms with Gasteiger partial charge in [-0.05, 0) is 50.8 Å². The molecule has 1 aromatic heterocycles. The Balaban J connectivity index is 1.62. The maximum Gasteiger partial charge on any atom is 0.256 e. The SMILES string of the molecule is O=C(c1ccncc1F)N1CCC[C@H](CN2CCCC2)C1. The number of carbonyl (C=O) groups is 1. The van der Waals surface area contributed by atoms with Crippen LogP contribution in [0.2, 0.25) is 0 Å². The Morgan fingerprint density at radius 2 is 2.10 bits per heavy atom. The molecular formula is C16H22FN3O. The van der Waals surface area contributed by atoms with Crippen LogP contribution in [-0.4, -0.2) is 53.4 Å². The number of aromatic nitrogens is 1. The molecule has 0 aromatic carbocycles. The number of pyridine rings is 1. The molecule has 1 aromatic rings. The van der Waals surface area contributed by atoms with Gasteiger partial charge in [0.1, 0.15) is 0 Å². The molecule has 4 nitrogen and oxygen atoms in total. The lowest BCUT2D eigenvalue weighted by molar-refractivity contribution is 0.0643. The Morgan fingerprint density at radius 1 is 1.29 bits per heavy atom. The van der Waals surface area contributed by atoms with Crippen LogP contribution < -0.4 is 0 Å². The zero-order valence-electron chi connectivity index (χ0n) is 12.3. The Morgan fingerprint density at radius 3 is 2.86 bits per heavy atom. The molecule has 2 aliphatic rings. The average Bonchev–Trinajstić information content (AvgIpc) is 3.00. The van der Waals surface area contributed by atoms with Crippen LogP contribution in [0.3, 0.4) is 0 Å². The van der Waals surface area contributed by atoms with Crippen molar-refractivity contribution in [3.8, 4) is 0 Å². The molecular weight excluding hydrogens is 269 g/mol. The third-order valence-corrected chi connectivity index (χ3v) is 4.52. The highest BCUT2D eigenvalue weighted by atomic mass is 19.1. The summed E-state index contributed by atoms with van der Waals surface area (Å²) in [5, 5.41) is 0. The van der Waals surface area contributed by atoms with Gasteiger partial charge in [0.25, 0.3) is 5.91 Å². The van der Waals surface area contributed by atoms with Crippen LogP contribution >= 0.6 is 0 Å². The standard InChI is InChI=1S/C16H22FN3O/c17-15-10-18-6-5-14(15)16(21)20-9-3-4-13(12-20)11-19-7-1-2-8-19/h5-6,10,13H,1-4,7-9,11-12H2/t13-/m1/s1. The summed E-state index contributed by atoms with van der Waals surface area (Å²) in [5.74, 6) is -0.198. The molecule has 0 N–H and O–H groups in total. The third-order valence-electron chi connectivity index (χ3n) is 4.52. The molecule has 3 rings (SSSR count). The fraction of sp³-hybridized carbons (Fsp3) is 0.625. The van der Waals surface area contributed by atoms with Crippen molar-refractivity contribution in [1.82, 2.24) is 14.8 Å². The first-order valence-corrected chi connectivity index (χ1v) is 7.85. The van der Waals surface area contributed by atoms with Crippen molar-refractivity contribution in [3.05, 3.63) is 29.8 Å². The van der Waals surface area contributed by atoms with Crippen molar-refractivity contribution in [3.63, 3.8) is 0 Å². The van der Waals surface area contributed by atoms with Gasteiger partial charge in [0, 0.05) is 25.8 Å². The summed E-state index contributed by atoms with van der Waals surface area (Å²) < 4.78 is 13.7. The van der Waals surface area contributed by atoms with Crippen LogP contribution in [0.25, 0.3) is 0 Å². The Labute approximate surface area is 125 Å². The van der Waals surface area contributed by atoms with Gasteiger partial charge in [-0.15, -0.1) is 0 Å². The number of rotatable bonds is 3. The van der Waals surface area contributed by atoms with Crippen LogP contribution in [0.5, 0.6) is 0 Å². The third kappa shape index (κ3) is 3.40. The molecule has 2 aliphatic heterocycles. The van der Waals surface area contributed by atoms with Crippen LogP contribution in [0.15, 0.2) is 18.5 Å². The summed E-state index contributed by atoms with van der Waals surface area (Å²) in [7, 11) is 0. The second-order valence-electron chi connectivity index (χ2n) is 6.12. The smallest absolute Gasteiger partial charge is 0.256 e. The lowest BCUT2D eigenvalue weighted by Crippen LogP contribution is -2.43. The molecule has 21 heavy (non-hydrogen) atoms.